The number of aliphatic hydroxyl groups is 1. The van der Waals surface area contributed by atoms with E-state index in [-0.39, 0.29) is 30.1 Å². The fraction of sp³-hybridized carbons (Fsp3) is 0.588. The first-order chi connectivity index (χ1) is 11.1. The van der Waals surface area contributed by atoms with Crippen molar-refractivity contribution in [2.24, 2.45) is 4.99 Å². The molecule has 1 aromatic rings. The van der Waals surface area contributed by atoms with Gasteiger partial charge in [-0.1, -0.05) is 17.7 Å². The number of nitrogens with one attached hydrogen (secondary N) is 1. The Labute approximate surface area is 166 Å². The molecule has 1 saturated heterocycles. The topological polar surface area (TPSA) is 57.1 Å². The van der Waals surface area contributed by atoms with Crippen molar-refractivity contribution in [3.63, 3.8) is 0 Å². The standard InChI is InChI=1S/C17H26ClN3O2.HI/c1-3-19-17(21-10-7-14(22)8-11-21)20-9-6-13-4-5-15(23-2)12-16(13)18;/h4-5,12,14,22H,3,6-11H2,1-2H3,(H,19,20);1H. The van der Waals surface area contributed by atoms with Crippen LogP contribution in [0.1, 0.15) is 25.3 Å². The Bertz CT molecular complexity index is 535. The number of rotatable bonds is 5. The minimum absolute atomic E-state index is 0. The van der Waals surface area contributed by atoms with Crippen molar-refractivity contribution in [3.05, 3.63) is 28.8 Å². The Kier molecular flexibility index (Phi) is 9.76. The number of aliphatic hydroxyl groups excluding tert-OH is 1. The van der Waals surface area contributed by atoms with Gasteiger partial charge in [0, 0.05) is 31.2 Å². The summed E-state index contributed by atoms with van der Waals surface area (Å²) in [5, 5.41) is 13.7. The average molecular weight is 468 g/mol. The minimum Gasteiger partial charge on any atom is -0.497 e. The van der Waals surface area contributed by atoms with Gasteiger partial charge in [0.1, 0.15) is 5.75 Å². The number of methoxy groups -OCH3 is 1. The fourth-order valence-corrected chi connectivity index (χ4v) is 2.91. The Morgan fingerprint density at radius 3 is 2.71 bits per heavy atom. The fourth-order valence-electron chi connectivity index (χ4n) is 2.64. The molecule has 0 aliphatic carbocycles. The predicted molar refractivity (Wildman–Crippen MR) is 110 cm³/mol. The number of likely N-dealkylation sites (tertiary alicyclic amines) is 1. The van der Waals surface area contributed by atoms with Crippen LogP contribution in [0, 0.1) is 0 Å². The second-order valence-electron chi connectivity index (χ2n) is 5.66. The summed E-state index contributed by atoms with van der Waals surface area (Å²) in [7, 11) is 1.63. The van der Waals surface area contributed by atoms with Gasteiger partial charge in [-0.3, -0.25) is 4.99 Å². The molecule has 0 radical (unpaired) electrons. The molecule has 7 heteroatoms. The lowest BCUT2D eigenvalue weighted by atomic mass is 10.1. The largest absolute Gasteiger partial charge is 0.497 e. The monoisotopic (exact) mass is 467 g/mol. The van der Waals surface area contributed by atoms with Crippen molar-refractivity contribution >= 4 is 41.5 Å². The Balaban J connectivity index is 0.00000288. The Hall–Kier alpha value is -0.730. The normalized spacial score (nSPS) is 15.8. The molecule has 0 amide bonds. The van der Waals surface area contributed by atoms with Crippen molar-refractivity contribution in [1.82, 2.24) is 10.2 Å². The van der Waals surface area contributed by atoms with Crippen LogP contribution in [0.5, 0.6) is 5.75 Å². The number of halogens is 2. The van der Waals surface area contributed by atoms with Crippen molar-refractivity contribution in [3.8, 4) is 5.75 Å². The molecule has 0 spiro atoms. The molecule has 0 atom stereocenters. The van der Waals surface area contributed by atoms with Gasteiger partial charge in [-0.2, -0.15) is 0 Å². The highest BCUT2D eigenvalue weighted by atomic mass is 127. The quantitative estimate of drug-likeness (QED) is 0.397. The summed E-state index contributed by atoms with van der Waals surface area (Å²) in [6, 6.07) is 5.74. The van der Waals surface area contributed by atoms with E-state index in [4.69, 9.17) is 21.3 Å². The lowest BCUT2D eigenvalue weighted by Crippen LogP contribution is -2.46. The lowest BCUT2D eigenvalue weighted by molar-refractivity contribution is 0.108. The van der Waals surface area contributed by atoms with Crippen LogP contribution >= 0.6 is 35.6 Å². The van der Waals surface area contributed by atoms with Crippen molar-refractivity contribution in [2.75, 3.05) is 33.3 Å². The van der Waals surface area contributed by atoms with E-state index in [2.05, 4.69) is 17.1 Å². The first-order valence-electron chi connectivity index (χ1n) is 8.17. The van der Waals surface area contributed by atoms with Gasteiger partial charge in [-0.25, -0.2) is 0 Å². The van der Waals surface area contributed by atoms with E-state index in [9.17, 15) is 5.11 Å². The van der Waals surface area contributed by atoms with Gasteiger partial charge in [0.15, 0.2) is 5.96 Å². The highest BCUT2D eigenvalue weighted by Crippen LogP contribution is 2.22. The zero-order valence-corrected chi connectivity index (χ0v) is 17.4. The summed E-state index contributed by atoms with van der Waals surface area (Å²) in [6.45, 7) is 5.26. The number of hydrogen-bond donors (Lipinski definition) is 2. The third-order valence-electron chi connectivity index (χ3n) is 4.00. The van der Waals surface area contributed by atoms with Gasteiger partial charge >= 0.3 is 0 Å². The van der Waals surface area contributed by atoms with Gasteiger partial charge < -0.3 is 20.1 Å². The zero-order chi connectivity index (χ0) is 16.7. The first-order valence-corrected chi connectivity index (χ1v) is 8.55. The van der Waals surface area contributed by atoms with Crippen LogP contribution in [0.4, 0.5) is 0 Å². The van der Waals surface area contributed by atoms with E-state index in [1.165, 1.54) is 0 Å². The number of guanidine groups is 1. The van der Waals surface area contributed by atoms with Crippen LogP contribution in [0.25, 0.3) is 0 Å². The number of nitrogens with zero attached hydrogens (tertiary/aromatic N) is 2. The maximum atomic E-state index is 9.62. The number of piperidine rings is 1. The smallest absolute Gasteiger partial charge is 0.193 e. The van der Waals surface area contributed by atoms with E-state index in [0.29, 0.717) is 11.6 Å². The zero-order valence-electron chi connectivity index (χ0n) is 14.3. The first kappa shape index (κ1) is 21.3. The molecular weight excluding hydrogens is 441 g/mol. The molecule has 2 N–H and O–H groups in total. The number of aliphatic imine (C=N–C) groups is 1. The van der Waals surface area contributed by atoms with Crippen LogP contribution in [0.2, 0.25) is 5.02 Å². The van der Waals surface area contributed by atoms with Gasteiger partial charge in [0.25, 0.3) is 0 Å². The second-order valence-corrected chi connectivity index (χ2v) is 6.07. The molecule has 24 heavy (non-hydrogen) atoms. The maximum Gasteiger partial charge on any atom is 0.193 e. The number of benzene rings is 1. The Morgan fingerprint density at radius 2 is 2.12 bits per heavy atom. The molecule has 1 fully saturated rings. The molecule has 0 saturated carbocycles. The molecule has 2 rings (SSSR count). The summed E-state index contributed by atoms with van der Waals surface area (Å²) >= 11 is 6.27. The van der Waals surface area contributed by atoms with E-state index in [1.54, 1.807) is 7.11 Å². The molecular formula is C17H27ClIN3O2. The average Bonchev–Trinajstić information content (AvgIpc) is 2.56. The highest BCUT2D eigenvalue weighted by molar-refractivity contribution is 14.0. The van der Waals surface area contributed by atoms with Crippen LogP contribution in [0.15, 0.2) is 23.2 Å². The predicted octanol–water partition coefficient (Wildman–Crippen LogP) is 2.93. The SMILES string of the molecule is CCNC(=NCCc1ccc(OC)cc1Cl)N1CCC(O)CC1.I. The van der Waals surface area contributed by atoms with E-state index < -0.39 is 0 Å². The summed E-state index contributed by atoms with van der Waals surface area (Å²) in [5.41, 5.74) is 1.07. The van der Waals surface area contributed by atoms with E-state index in [0.717, 1.165) is 56.2 Å². The summed E-state index contributed by atoms with van der Waals surface area (Å²) in [6.07, 6.45) is 2.21. The van der Waals surface area contributed by atoms with Crippen LogP contribution in [-0.4, -0.2) is 55.4 Å². The molecule has 1 aliphatic rings. The summed E-state index contributed by atoms with van der Waals surface area (Å²) in [4.78, 5) is 6.92. The van der Waals surface area contributed by atoms with E-state index in [1.807, 2.05) is 18.2 Å². The van der Waals surface area contributed by atoms with Crippen LogP contribution in [-0.2, 0) is 6.42 Å². The lowest BCUT2D eigenvalue weighted by Gasteiger charge is -2.32. The minimum atomic E-state index is -0.174. The van der Waals surface area contributed by atoms with E-state index >= 15 is 0 Å². The maximum absolute atomic E-state index is 9.62. The molecule has 1 aliphatic heterocycles. The van der Waals surface area contributed by atoms with Crippen molar-refractivity contribution in [2.45, 2.75) is 32.3 Å². The summed E-state index contributed by atoms with van der Waals surface area (Å²) < 4.78 is 5.16. The third-order valence-corrected chi connectivity index (χ3v) is 4.35. The molecule has 136 valence electrons. The van der Waals surface area contributed by atoms with Crippen LogP contribution < -0.4 is 10.1 Å². The number of hydrogen-bond acceptors (Lipinski definition) is 3. The molecule has 0 unspecified atom stereocenters. The third kappa shape index (κ3) is 6.29. The van der Waals surface area contributed by atoms with Crippen molar-refractivity contribution < 1.29 is 9.84 Å². The summed E-state index contributed by atoms with van der Waals surface area (Å²) in [5.74, 6) is 1.69. The molecule has 1 aromatic carbocycles. The van der Waals surface area contributed by atoms with Gasteiger partial charge in [0.05, 0.1) is 13.2 Å². The number of ether oxygens (including phenoxy) is 1. The van der Waals surface area contributed by atoms with Gasteiger partial charge in [-0.15, -0.1) is 24.0 Å². The highest BCUT2D eigenvalue weighted by Gasteiger charge is 2.19. The molecule has 5 nitrogen and oxygen atoms in total. The van der Waals surface area contributed by atoms with Gasteiger partial charge in [-0.05, 0) is 43.9 Å². The second kappa shape index (κ2) is 11.0. The van der Waals surface area contributed by atoms with Gasteiger partial charge in [0.2, 0.25) is 0 Å². The molecule has 1 heterocycles. The molecule has 0 bridgehead atoms. The molecule has 0 aromatic heterocycles. The van der Waals surface area contributed by atoms with Crippen LogP contribution in [0.3, 0.4) is 0 Å². The van der Waals surface area contributed by atoms with Crippen molar-refractivity contribution in [1.29, 1.82) is 0 Å². The Morgan fingerprint density at radius 1 is 1.42 bits per heavy atom.